The van der Waals surface area contributed by atoms with Gasteiger partial charge in [0.2, 0.25) is 0 Å². The first-order valence-corrected chi connectivity index (χ1v) is 7.96. The van der Waals surface area contributed by atoms with Gasteiger partial charge in [-0.2, -0.15) is 13.4 Å². The standard InChI is InChI=1S/C12H9NO5S2/c1-2-17-12(14)9-10-13-11(19-9)7-3-5-8(6-4-7)20(15,16)18-10/h3-6H,2H2,1H3. The van der Waals surface area contributed by atoms with Crippen molar-refractivity contribution in [1.82, 2.24) is 4.98 Å². The van der Waals surface area contributed by atoms with Gasteiger partial charge in [0.15, 0.2) is 4.88 Å². The van der Waals surface area contributed by atoms with E-state index in [0.717, 1.165) is 16.9 Å². The summed E-state index contributed by atoms with van der Waals surface area (Å²) in [5.41, 5.74) is 0.719. The first-order valence-electron chi connectivity index (χ1n) is 5.74. The molecule has 0 radical (unpaired) electrons. The highest BCUT2D eigenvalue weighted by molar-refractivity contribution is 7.87. The largest absolute Gasteiger partial charge is 0.462 e. The average Bonchev–Trinajstić information content (AvgIpc) is 2.84. The molecule has 8 heteroatoms. The second-order valence-electron chi connectivity index (χ2n) is 3.94. The molecule has 0 aliphatic carbocycles. The number of hydrogen-bond acceptors (Lipinski definition) is 7. The van der Waals surface area contributed by atoms with Crippen molar-refractivity contribution in [2.75, 3.05) is 6.61 Å². The monoisotopic (exact) mass is 311 g/mol. The van der Waals surface area contributed by atoms with Gasteiger partial charge in [-0.1, -0.05) is 12.1 Å². The summed E-state index contributed by atoms with van der Waals surface area (Å²) in [6, 6.07) is 6.14. The lowest BCUT2D eigenvalue weighted by Gasteiger charge is -2.06. The summed E-state index contributed by atoms with van der Waals surface area (Å²) >= 11 is 1.04. The molecular weight excluding hydrogens is 302 g/mol. The predicted octanol–water partition coefficient (Wildman–Crippen LogP) is 2.07. The molecule has 2 aliphatic rings. The normalized spacial score (nSPS) is 14.8. The third-order valence-electron chi connectivity index (χ3n) is 2.64. The Kier molecular flexibility index (Phi) is 2.98. The van der Waals surface area contributed by atoms with Crippen molar-refractivity contribution in [1.29, 1.82) is 0 Å². The van der Waals surface area contributed by atoms with Crippen molar-refractivity contribution in [2.24, 2.45) is 0 Å². The zero-order valence-corrected chi connectivity index (χ0v) is 12.0. The Balaban J connectivity index is 2.21. The van der Waals surface area contributed by atoms with Crippen LogP contribution in [0.1, 0.15) is 16.6 Å². The number of carbonyl (C=O) groups excluding carboxylic acids is 1. The molecule has 0 N–H and O–H groups in total. The minimum Gasteiger partial charge on any atom is -0.462 e. The van der Waals surface area contributed by atoms with E-state index < -0.39 is 16.1 Å². The van der Waals surface area contributed by atoms with Crippen LogP contribution in [0.3, 0.4) is 0 Å². The van der Waals surface area contributed by atoms with E-state index in [1.807, 2.05) is 0 Å². The molecule has 3 heterocycles. The molecule has 0 amide bonds. The smallest absolute Gasteiger partial charge is 0.354 e. The number of nitrogens with zero attached hydrogens (tertiary/aromatic N) is 1. The van der Waals surface area contributed by atoms with E-state index in [-0.39, 0.29) is 22.3 Å². The van der Waals surface area contributed by atoms with Gasteiger partial charge in [0.25, 0.3) is 5.88 Å². The van der Waals surface area contributed by atoms with Crippen molar-refractivity contribution in [3.63, 3.8) is 0 Å². The van der Waals surface area contributed by atoms with Crippen molar-refractivity contribution in [3.05, 3.63) is 29.1 Å². The van der Waals surface area contributed by atoms with Gasteiger partial charge in [0, 0.05) is 5.56 Å². The highest BCUT2D eigenvalue weighted by Crippen LogP contribution is 2.36. The van der Waals surface area contributed by atoms with Crippen molar-refractivity contribution >= 4 is 27.4 Å². The Morgan fingerprint density at radius 2 is 2.05 bits per heavy atom. The first kappa shape index (κ1) is 13.1. The van der Waals surface area contributed by atoms with Crippen LogP contribution in [0, 0.1) is 0 Å². The molecule has 0 saturated carbocycles. The fourth-order valence-electron chi connectivity index (χ4n) is 1.73. The molecule has 0 atom stereocenters. The van der Waals surface area contributed by atoms with Crippen LogP contribution >= 0.6 is 11.3 Å². The lowest BCUT2D eigenvalue weighted by molar-refractivity contribution is 0.0530. The Hall–Kier alpha value is -1.93. The zero-order valence-electron chi connectivity index (χ0n) is 10.3. The summed E-state index contributed by atoms with van der Waals surface area (Å²) in [4.78, 5) is 16.0. The Morgan fingerprint density at radius 1 is 1.35 bits per heavy atom. The Morgan fingerprint density at radius 3 is 2.70 bits per heavy atom. The number of rotatable bonds is 2. The summed E-state index contributed by atoms with van der Waals surface area (Å²) in [5, 5.41) is 0.506. The molecule has 4 bridgehead atoms. The molecule has 6 nitrogen and oxygen atoms in total. The number of thiazole rings is 1. The fraction of sp³-hybridized carbons (Fsp3) is 0.167. The van der Waals surface area contributed by atoms with E-state index in [1.54, 1.807) is 19.1 Å². The zero-order chi connectivity index (χ0) is 14.3. The highest BCUT2D eigenvalue weighted by Gasteiger charge is 2.28. The van der Waals surface area contributed by atoms with Gasteiger partial charge in [0.05, 0.1) is 6.61 Å². The molecule has 20 heavy (non-hydrogen) atoms. The van der Waals surface area contributed by atoms with E-state index in [2.05, 4.69) is 4.98 Å². The van der Waals surface area contributed by atoms with Gasteiger partial charge in [-0.05, 0) is 19.1 Å². The highest BCUT2D eigenvalue weighted by atomic mass is 32.2. The minimum absolute atomic E-state index is 0.0188. The molecule has 104 valence electrons. The van der Waals surface area contributed by atoms with Crippen molar-refractivity contribution in [3.8, 4) is 16.5 Å². The third kappa shape index (κ3) is 2.06. The molecule has 1 aromatic heterocycles. The number of esters is 1. The molecule has 1 aromatic carbocycles. The maximum absolute atomic E-state index is 12.0. The van der Waals surface area contributed by atoms with E-state index in [4.69, 9.17) is 8.92 Å². The van der Waals surface area contributed by atoms with Crippen molar-refractivity contribution < 1.29 is 22.1 Å². The third-order valence-corrected chi connectivity index (χ3v) is 4.93. The van der Waals surface area contributed by atoms with Crippen LogP contribution in [0.25, 0.3) is 10.6 Å². The van der Waals surface area contributed by atoms with E-state index in [0.29, 0.717) is 5.01 Å². The summed E-state index contributed by atoms with van der Waals surface area (Å²) in [7, 11) is -3.99. The molecule has 2 aromatic rings. The Bertz CT molecular complexity index is 777. The number of ether oxygens (including phenoxy) is 1. The molecule has 0 unspecified atom stereocenters. The summed E-state index contributed by atoms with van der Waals surface area (Å²) in [6.45, 7) is 1.85. The first-order chi connectivity index (χ1) is 9.51. The number of fused-ring (bicyclic) bond motifs is 3. The van der Waals surface area contributed by atoms with Gasteiger partial charge in [-0.25, -0.2) is 4.79 Å². The lowest BCUT2D eigenvalue weighted by Crippen LogP contribution is -2.12. The van der Waals surface area contributed by atoms with Gasteiger partial charge in [-0.3, -0.25) is 0 Å². The maximum Gasteiger partial charge on any atom is 0.354 e. The van der Waals surface area contributed by atoms with E-state index >= 15 is 0 Å². The second-order valence-corrected chi connectivity index (χ2v) is 6.48. The van der Waals surface area contributed by atoms with Gasteiger partial charge < -0.3 is 8.92 Å². The van der Waals surface area contributed by atoms with E-state index in [1.165, 1.54) is 12.1 Å². The van der Waals surface area contributed by atoms with Crippen LogP contribution < -0.4 is 4.18 Å². The van der Waals surface area contributed by atoms with Crippen molar-refractivity contribution in [2.45, 2.75) is 11.8 Å². The predicted molar refractivity (Wildman–Crippen MR) is 71.3 cm³/mol. The topological polar surface area (TPSA) is 82.6 Å². The summed E-state index contributed by atoms with van der Waals surface area (Å²) in [6.07, 6.45) is 0. The van der Waals surface area contributed by atoms with Crippen LogP contribution in [-0.4, -0.2) is 26.0 Å². The maximum atomic E-state index is 12.0. The molecule has 0 saturated heterocycles. The quantitative estimate of drug-likeness (QED) is 0.623. The fourth-order valence-corrected chi connectivity index (χ4v) is 3.57. The molecular formula is C12H9NO5S2. The molecule has 0 fully saturated rings. The number of benzene rings is 1. The number of carbonyl (C=O) groups is 1. The number of hydrogen-bond donors (Lipinski definition) is 0. The van der Waals surface area contributed by atoms with Crippen LogP contribution in [-0.2, 0) is 14.9 Å². The van der Waals surface area contributed by atoms with E-state index in [9.17, 15) is 13.2 Å². The Labute approximate surface area is 119 Å². The van der Waals surface area contributed by atoms with Gasteiger partial charge >= 0.3 is 16.1 Å². The van der Waals surface area contributed by atoms with Gasteiger partial charge in [-0.15, -0.1) is 11.3 Å². The average molecular weight is 311 g/mol. The van der Waals surface area contributed by atoms with Crippen LogP contribution in [0.5, 0.6) is 5.88 Å². The SMILES string of the molecule is CCOC(=O)c1sc2nc1OS(=O)(=O)c1ccc-2cc1. The number of aromatic nitrogens is 1. The molecule has 0 spiro atoms. The molecule has 4 rings (SSSR count). The minimum atomic E-state index is -3.99. The lowest BCUT2D eigenvalue weighted by atomic mass is 10.2. The molecule has 2 aliphatic heterocycles. The summed E-state index contributed by atoms with van der Waals surface area (Å²) < 4.78 is 33.9. The van der Waals surface area contributed by atoms with Crippen LogP contribution in [0.15, 0.2) is 29.2 Å². The second kappa shape index (κ2) is 4.57. The van der Waals surface area contributed by atoms with Crippen LogP contribution in [0.4, 0.5) is 0 Å². The van der Waals surface area contributed by atoms with Crippen LogP contribution in [0.2, 0.25) is 0 Å². The summed E-state index contributed by atoms with van der Waals surface area (Å²) in [5.74, 6) is -0.873. The van der Waals surface area contributed by atoms with Gasteiger partial charge in [0.1, 0.15) is 9.90 Å².